The van der Waals surface area contributed by atoms with Crippen LogP contribution in [0.15, 0.2) is 60.8 Å². The highest BCUT2D eigenvalue weighted by molar-refractivity contribution is 6.06. The summed E-state index contributed by atoms with van der Waals surface area (Å²) in [6.45, 7) is 8.98. The van der Waals surface area contributed by atoms with Crippen molar-refractivity contribution in [2.75, 3.05) is 25.0 Å². The van der Waals surface area contributed by atoms with Gasteiger partial charge in [0.2, 0.25) is 0 Å². The average Bonchev–Trinajstić information content (AvgIpc) is 3.26. The number of aromatic nitrogens is 1. The van der Waals surface area contributed by atoms with Gasteiger partial charge < -0.3 is 15.2 Å². The summed E-state index contributed by atoms with van der Waals surface area (Å²) in [5.74, 6) is 0.104. The van der Waals surface area contributed by atoms with Gasteiger partial charge in [-0.1, -0.05) is 50.2 Å². The number of benzene rings is 2. The van der Waals surface area contributed by atoms with Crippen LogP contribution in [0.2, 0.25) is 0 Å². The van der Waals surface area contributed by atoms with Crippen LogP contribution in [0, 0.1) is 0 Å². The van der Waals surface area contributed by atoms with Crippen molar-refractivity contribution in [2.45, 2.75) is 40.0 Å². The number of H-pyrrole nitrogens is 1. The van der Waals surface area contributed by atoms with E-state index in [1.807, 2.05) is 38.1 Å². The SMILES string of the molecule is C1=C(N2CCCCC2)c2ccccc2NC1.CC.CC(=O)c1c[nH]c2ccccc12. The monoisotopic (exact) mass is 403 g/mol. The summed E-state index contributed by atoms with van der Waals surface area (Å²) in [5, 5.41) is 4.43. The van der Waals surface area contributed by atoms with Crippen LogP contribution in [0.5, 0.6) is 0 Å². The number of carbonyl (C=O) groups excluding carboxylic acids is 1. The van der Waals surface area contributed by atoms with E-state index < -0.39 is 0 Å². The Morgan fingerprint density at radius 2 is 1.63 bits per heavy atom. The molecule has 0 saturated carbocycles. The molecule has 4 heteroatoms. The fraction of sp³-hybridized carbons (Fsp3) is 0.346. The molecule has 2 aromatic carbocycles. The summed E-state index contributed by atoms with van der Waals surface area (Å²) < 4.78 is 0. The Balaban J connectivity index is 0.000000163. The van der Waals surface area contributed by atoms with Crippen molar-refractivity contribution in [1.29, 1.82) is 0 Å². The molecule has 5 rings (SSSR count). The van der Waals surface area contributed by atoms with E-state index in [4.69, 9.17) is 0 Å². The van der Waals surface area contributed by atoms with Gasteiger partial charge in [0.05, 0.1) is 0 Å². The van der Waals surface area contributed by atoms with Gasteiger partial charge in [-0.05, 0) is 44.4 Å². The molecule has 2 aliphatic rings. The highest BCUT2D eigenvalue weighted by atomic mass is 16.1. The van der Waals surface area contributed by atoms with Crippen LogP contribution in [0.1, 0.15) is 56.0 Å². The normalized spacial score (nSPS) is 14.9. The second-order valence-corrected chi connectivity index (χ2v) is 7.37. The Morgan fingerprint density at radius 3 is 2.40 bits per heavy atom. The molecule has 0 radical (unpaired) electrons. The molecule has 0 unspecified atom stereocenters. The van der Waals surface area contributed by atoms with Gasteiger partial charge in [-0.15, -0.1) is 0 Å². The minimum atomic E-state index is 0.104. The Morgan fingerprint density at radius 1 is 0.933 bits per heavy atom. The van der Waals surface area contributed by atoms with Crippen molar-refractivity contribution < 1.29 is 4.79 Å². The molecule has 1 fully saturated rings. The summed E-state index contributed by atoms with van der Waals surface area (Å²) in [6, 6.07) is 16.4. The number of hydrogen-bond acceptors (Lipinski definition) is 3. The minimum Gasteiger partial charge on any atom is -0.381 e. The molecule has 0 aliphatic carbocycles. The van der Waals surface area contributed by atoms with E-state index in [2.05, 4.69) is 45.5 Å². The van der Waals surface area contributed by atoms with Gasteiger partial charge in [-0.25, -0.2) is 0 Å². The molecule has 2 N–H and O–H groups in total. The van der Waals surface area contributed by atoms with Crippen LogP contribution in [0.3, 0.4) is 0 Å². The molecule has 2 aliphatic heterocycles. The highest BCUT2D eigenvalue weighted by Gasteiger charge is 2.18. The van der Waals surface area contributed by atoms with Crippen molar-refractivity contribution in [1.82, 2.24) is 9.88 Å². The number of nitrogens with one attached hydrogen (secondary N) is 2. The van der Waals surface area contributed by atoms with Gasteiger partial charge in [-0.2, -0.15) is 0 Å². The molecule has 0 atom stereocenters. The number of anilines is 1. The maximum Gasteiger partial charge on any atom is 0.161 e. The number of aromatic amines is 1. The van der Waals surface area contributed by atoms with Crippen LogP contribution in [0.25, 0.3) is 16.6 Å². The summed E-state index contributed by atoms with van der Waals surface area (Å²) >= 11 is 0. The smallest absolute Gasteiger partial charge is 0.161 e. The number of ketones is 1. The summed E-state index contributed by atoms with van der Waals surface area (Å²) in [6.07, 6.45) is 8.16. The molecule has 0 amide bonds. The highest BCUT2D eigenvalue weighted by Crippen LogP contribution is 2.31. The molecule has 3 heterocycles. The fourth-order valence-electron chi connectivity index (χ4n) is 4.03. The third kappa shape index (κ3) is 4.93. The summed E-state index contributed by atoms with van der Waals surface area (Å²) in [7, 11) is 0. The zero-order valence-electron chi connectivity index (χ0n) is 18.4. The largest absolute Gasteiger partial charge is 0.381 e. The Kier molecular flexibility index (Phi) is 7.72. The third-order valence-electron chi connectivity index (χ3n) is 5.46. The average molecular weight is 404 g/mol. The molecule has 1 aromatic heterocycles. The fourth-order valence-corrected chi connectivity index (χ4v) is 4.03. The molecule has 158 valence electrons. The number of piperidine rings is 1. The first kappa shape index (κ1) is 21.7. The molecule has 3 aromatic rings. The lowest BCUT2D eigenvalue weighted by Crippen LogP contribution is -2.30. The lowest BCUT2D eigenvalue weighted by atomic mass is 10.0. The third-order valence-corrected chi connectivity index (χ3v) is 5.46. The van der Waals surface area contributed by atoms with E-state index >= 15 is 0 Å². The van der Waals surface area contributed by atoms with Crippen molar-refractivity contribution in [3.63, 3.8) is 0 Å². The van der Waals surface area contributed by atoms with Crippen molar-refractivity contribution >= 4 is 28.1 Å². The lowest BCUT2D eigenvalue weighted by Gasteiger charge is -2.34. The zero-order chi connectivity index (χ0) is 21.3. The van der Waals surface area contributed by atoms with Gasteiger partial charge in [0.15, 0.2) is 5.78 Å². The second-order valence-electron chi connectivity index (χ2n) is 7.37. The first-order valence-corrected chi connectivity index (χ1v) is 11.1. The molecule has 0 spiro atoms. The molecule has 4 nitrogen and oxygen atoms in total. The first-order chi connectivity index (χ1) is 14.7. The minimum absolute atomic E-state index is 0.104. The second kappa shape index (κ2) is 10.7. The van der Waals surface area contributed by atoms with Crippen molar-refractivity contribution in [3.8, 4) is 0 Å². The number of carbonyl (C=O) groups is 1. The number of hydrogen-bond donors (Lipinski definition) is 2. The quantitative estimate of drug-likeness (QED) is 0.491. The maximum atomic E-state index is 11.1. The predicted octanol–water partition coefficient (Wildman–Crippen LogP) is 6.34. The van der Waals surface area contributed by atoms with Crippen LogP contribution >= 0.6 is 0 Å². The lowest BCUT2D eigenvalue weighted by molar-refractivity contribution is 0.101. The molecular formula is C26H33N3O. The number of nitrogens with zero attached hydrogens (tertiary/aromatic N) is 1. The van der Waals surface area contributed by atoms with Gasteiger partial charge in [0, 0.05) is 59.2 Å². The molecule has 1 saturated heterocycles. The van der Waals surface area contributed by atoms with Gasteiger partial charge >= 0.3 is 0 Å². The standard InChI is InChI=1S/C14H18N2.C10H9NO.C2H6/c1-4-10-16(11-5-1)14-8-9-15-13-7-3-2-6-12(13)14;1-7(12)9-6-11-10-5-3-2-4-8(9)10;1-2/h2-3,6-8,15H,1,4-5,9-11H2;2-6,11H,1H3;1-2H3. The van der Waals surface area contributed by atoms with Gasteiger partial charge in [-0.3, -0.25) is 4.79 Å². The van der Waals surface area contributed by atoms with Crippen molar-refractivity contribution in [2.24, 2.45) is 0 Å². The van der Waals surface area contributed by atoms with E-state index in [0.29, 0.717) is 0 Å². The van der Waals surface area contributed by atoms with Crippen LogP contribution in [-0.2, 0) is 0 Å². The van der Waals surface area contributed by atoms with Crippen LogP contribution in [-0.4, -0.2) is 35.3 Å². The molecular weight excluding hydrogens is 370 g/mol. The van der Waals surface area contributed by atoms with E-state index in [1.54, 1.807) is 13.1 Å². The Labute approximate surface area is 180 Å². The summed E-state index contributed by atoms with van der Waals surface area (Å²) in [5.41, 5.74) is 5.88. The van der Waals surface area contributed by atoms with Crippen molar-refractivity contribution in [3.05, 3.63) is 71.9 Å². The van der Waals surface area contributed by atoms with E-state index in [0.717, 1.165) is 23.0 Å². The first-order valence-electron chi connectivity index (χ1n) is 11.1. The zero-order valence-corrected chi connectivity index (χ0v) is 18.4. The van der Waals surface area contributed by atoms with Crippen LogP contribution < -0.4 is 5.32 Å². The number of rotatable bonds is 2. The molecule has 0 bridgehead atoms. The number of likely N-dealkylation sites (tertiary alicyclic amines) is 1. The van der Waals surface area contributed by atoms with E-state index in [1.165, 1.54) is 49.3 Å². The van der Waals surface area contributed by atoms with Gasteiger partial charge in [0.25, 0.3) is 0 Å². The number of fused-ring (bicyclic) bond motifs is 2. The van der Waals surface area contributed by atoms with E-state index in [9.17, 15) is 4.79 Å². The molecule has 30 heavy (non-hydrogen) atoms. The Bertz CT molecular complexity index is 996. The topological polar surface area (TPSA) is 48.1 Å². The van der Waals surface area contributed by atoms with Crippen LogP contribution in [0.4, 0.5) is 5.69 Å². The number of Topliss-reactive ketones (excluding diaryl/α,β-unsaturated/α-hetero) is 1. The summed E-state index contributed by atoms with van der Waals surface area (Å²) in [4.78, 5) is 16.7. The van der Waals surface area contributed by atoms with E-state index in [-0.39, 0.29) is 5.78 Å². The Hall–Kier alpha value is -3.01. The van der Waals surface area contributed by atoms with Gasteiger partial charge in [0.1, 0.15) is 0 Å². The predicted molar refractivity (Wildman–Crippen MR) is 128 cm³/mol. The maximum absolute atomic E-state index is 11.1. The number of para-hydroxylation sites is 2.